The van der Waals surface area contributed by atoms with Crippen LogP contribution in [0, 0.1) is 5.92 Å². The van der Waals surface area contributed by atoms with Gasteiger partial charge in [-0.15, -0.1) is 0 Å². The lowest BCUT2D eigenvalue weighted by Crippen LogP contribution is -2.39. The number of aryl methyl sites for hydroxylation is 1. The van der Waals surface area contributed by atoms with Crippen molar-refractivity contribution in [1.82, 2.24) is 5.32 Å². The van der Waals surface area contributed by atoms with Crippen LogP contribution in [0.3, 0.4) is 0 Å². The molecule has 1 fully saturated rings. The largest absolute Gasteiger partial charge is 0.354 e. The average molecular weight is 310 g/mol. The zero-order valence-electron chi connectivity index (χ0n) is 12.5. The Balaban J connectivity index is 2.09. The summed E-state index contributed by atoms with van der Waals surface area (Å²) in [6, 6.07) is 7.46. The number of hydrogen-bond donors (Lipinski definition) is 1. The average Bonchev–Trinajstić information content (AvgIpc) is 3.26. The molecule has 21 heavy (non-hydrogen) atoms. The molecule has 2 rings (SSSR count). The van der Waals surface area contributed by atoms with Gasteiger partial charge in [-0.3, -0.25) is 9.10 Å². The van der Waals surface area contributed by atoms with Crippen molar-refractivity contribution in [2.45, 2.75) is 26.2 Å². The lowest BCUT2D eigenvalue weighted by Gasteiger charge is -2.24. The van der Waals surface area contributed by atoms with Gasteiger partial charge in [0.2, 0.25) is 15.9 Å². The van der Waals surface area contributed by atoms with Crippen molar-refractivity contribution in [3.05, 3.63) is 29.8 Å². The van der Waals surface area contributed by atoms with E-state index in [2.05, 4.69) is 5.32 Å². The highest BCUT2D eigenvalue weighted by molar-refractivity contribution is 7.92. The van der Waals surface area contributed by atoms with Crippen LogP contribution in [-0.2, 0) is 21.2 Å². The summed E-state index contributed by atoms with van der Waals surface area (Å²) in [7, 11) is -3.37. The molecule has 1 amide bonds. The molecule has 6 heteroatoms. The van der Waals surface area contributed by atoms with Crippen LogP contribution >= 0.6 is 0 Å². The molecular formula is C15H22N2O3S. The number of anilines is 1. The van der Waals surface area contributed by atoms with Gasteiger partial charge in [-0.2, -0.15) is 0 Å². The molecule has 1 aliphatic carbocycles. The van der Waals surface area contributed by atoms with Gasteiger partial charge in [-0.1, -0.05) is 25.1 Å². The quantitative estimate of drug-likeness (QED) is 0.831. The molecule has 1 aromatic carbocycles. The molecule has 0 spiro atoms. The number of hydrogen-bond acceptors (Lipinski definition) is 3. The maximum atomic E-state index is 12.0. The van der Waals surface area contributed by atoms with E-state index in [1.807, 2.05) is 31.2 Å². The van der Waals surface area contributed by atoms with Crippen LogP contribution in [0.1, 0.15) is 25.3 Å². The van der Waals surface area contributed by atoms with Gasteiger partial charge in [0.15, 0.2) is 0 Å². The molecule has 1 aliphatic rings. The minimum atomic E-state index is -3.37. The lowest BCUT2D eigenvalue weighted by molar-refractivity contribution is -0.122. The Morgan fingerprint density at radius 1 is 1.33 bits per heavy atom. The molecule has 1 N–H and O–H groups in total. The van der Waals surface area contributed by atoms with E-state index < -0.39 is 10.0 Å². The summed E-state index contributed by atoms with van der Waals surface area (Å²) in [6.07, 6.45) is 3.85. The van der Waals surface area contributed by atoms with Gasteiger partial charge in [-0.05, 0) is 30.9 Å². The molecule has 0 atom stereocenters. The smallest absolute Gasteiger partial charge is 0.232 e. The molecule has 1 saturated carbocycles. The Morgan fingerprint density at radius 3 is 2.57 bits per heavy atom. The third-order valence-corrected chi connectivity index (χ3v) is 4.78. The van der Waals surface area contributed by atoms with Crippen molar-refractivity contribution in [3.63, 3.8) is 0 Å². The molecule has 5 nitrogen and oxygen atoms in total. The third kappa shape index (κ3) is 4.20. The van der Waals surface area contributed by atoms with Crippen molar-refractivity contribution < 1.29 is 13.2 Å². The second-order valence-corrected chi connectivity index (χ2v) is 7.29. The number of amides is 1. The highest BCUT2D eigenvalue weighted by Crippen LogP contribution is 2.28. The summed E-state index contributed by atoms with van der Waals surface area (Å²) in [5, 5.41) is 2.81. The minimum Gasteiger partial charge on any atom is -0.354 e. The summed E-state index contributed by atoms with van der Waals surface area (Å²) in [5.41, 5.74) is 1.68. The van der Waals surface area contributed by atoms with E-state index in [4.69, 9.17) is 0 Å². The summed E-state index contributed by atoms with van der Waals surface area (Å²) in [6.45, 7) is 2.59. The standard InChI is InChI=1S/C15H22N2O3S/c1-3-12-6-4-5-7-14(12)17(21(2,19)20)11-10-16-15(18)13-8-9-13/h4-7,13H,3,8-11H2,1-2H3,(H,16,18). The highest BCUT2D eigenvalue weighted by Gasteiger charge is 2.29. The molecule has 0 aromatic heterocycles. The fourth-order valence-electron chi connectivity index (χ4n) is 2.29. The Kier molecular flexibility index (Phi) is 4.88. The third-order valence-electron chi connectivity index (χ3n) is 3.60. The van der Waals surface area contributed by atoms with Gasteiger partial charge in [0.25, 0.3) is 0 Å². The zero-order chi connectivity index (χ0) is 15.5. The lowest BCUT2D eigenvalue weighted by atomic mass is 10.1. The van der Waals surface area contributed by atoms with Gasteiger partial charge in [-0.25, -0.2) is 8.42 Å². The molecule has 0 unspecified atom stereocenters. The topological polar surface area (TPSA) is 66.5 Å². The molecule has 116 valence electrons. The Hall–Kier alpha value is -1.56. The number of carbonyl (C=O) groups is 1. The number of para-hydroxylation sites is 1. The van der Waals surface area contributed by atoms with Crippen molar-refractivity contribution in [3.8, 4) is 0 Å². The molecule has 1 aromatic rings. The van der Waals surface area contributed by atoms with E-state index in [1.165, 1.54) is 10.6 Å². The van der Waals surface area contributed by atoms with E-state index in [1.54, 1.807) is 0 Å². The predicted octanol–water partition coefficient (Wildman–Crippen LogP) is 1.54. The Labute approximate surface area is 126 Å². The number of rotatable bonds is 7. The van der Waals surface area contributed by atoms with Crippen molar-refractivity contribution in [1.29, 1.82) is 0 Å². The summed E-state index contributed by atoms with van der Waals surface area (Å²) < 4.78 is 25.4. The molecular weight excluding hydrogens is 288 g/mol. The van der Waals surface area contributed by atoms with Crippen molar-refractivity contribution >= 4 is 21.6 Å². The van der Waals surface area contributed by atoms with Crippen LogP contribution in [-0.4, -0.2) is 33.7 Å². The van der Waals surface area contributed by atoms with Crippen LogP contribution in [0.5, 0.6) is 0 Å². The van der Waals surface area contributed by atoms with Crippen molar-refractivity contribution in [2.75, 3.05) is 23.7 Å². The molecule has 0 radical (unpaired) electrons. The van der Waals surface area contributed by atoms with Gasteiger partial charge in [0, 0.05) is 12.5 Å². The number of nitrogens with one attached hydrogen (secondary N) is 1. The predicted molar refractivity (Wildman–Crippen MR) is 83.7 cm³/mol. The first kappa shape index (κ1) is 15.8. The van der Waals surface area contributed by atoms with Gasteiger partial charge < -0.3 is 5.32 Å². The maximum Gasteiger partial charge on any atom is 0.232 e. The molecule has 0 saturated heterocycles. The SMILES string of the molecule is CCc1ccccc1N(CCNC(=O)C1CC1)S(C)(=O)=O. The van der Waals surface area contributed by atoms with E-state index >= 15 is 0 Å². The number of sulfonamides is 1. The summed E-state index contributed by atoms with van der Waals surface area (Å²) in [5.74, 6) is 0.173. The first-order chi connectivity index (χ1) is 9.93. The van der Waals surface area contributed by atoms with E-state index in [0.717, 1.165) is 24.8 Å². The number of benzene rings is 1. The molecule has 0 heterocycles. The zero-order valence-corrected chi connectivity index (χ0v) is 13.3. The van der Waals surface area contributed by atoms with Gasteiger partial charge in [0.1, 0.15) is 0 Å². The highest BCUT2D eigenvalue weighted by atomic mass is 32.2. The van der Waals surface area contributed by atoms with Crippen LogP contribution in [0.4, 0.5) is 5.69 Å². The second kappa shape index (κ2) is 6.47. The Morgan fingerprint density at radius 2 is 2.00 bits per heavy atom. The summed E-state index contributed by atoms with van der Waals surface area (Å²) >= 11 is 0. The van der Waals surface area contributed by atoms with Crippen LogP contribution in [0.25, 0.3) is 0 Å². The molecule has 0 bridgehead atoms. The van der Waals surface area contributed by atoms with Crippen molar-refractivity contribution in [2.24, 2.45) is 5.92 Å². The van der Waals surface area contributed by atoms with Gasteiger partial charge >= 0.3 is 0 Å². The normalized spacial score (nSPS) is 14.8. The molecule has 0 aliphatic heterocycles. The van der Waals surface area contributed by atoms with Gasteiger partial charge in [0.05, 0.1) is 18.5 Å². The first-order valence-electron chi connectivity index (χ1n) is 7.26. The Bertz CT molecular complexity index is 609. The number of nitrogens with zero attached hydrogens (tertiary/aromatic N) is 1. The minimum absolute atomic E-state index is 0.0345. The van der Waals surface area contributed by atoms with Crippen LogP contribution < -0.4 is 9.62 Å². The van der Waals surface area contributed by atoms with E-state index in [9.17, 15) is 13.2 Å². The second-order valence-electron chi connectivity index (χ2n) is 5.38. The fourth-order valence-corrected chi connectivity index (χ4v) is 3.25. The summed E-state index contributed by atoms with van der Waals surface area (Å²) in [4.78, 5) is 11.6. The van der Waals surface area contributed by atoms with Crippen LogP contribution in [0.15, 0.2) is 24.3 Å². The van der Waals surface area contributed by atoms with E-state index in [-0.39, 0.29) is 18.4 Å². The van der Waals surface area contributed by atoms with Crippen LogP contribution in [0.2, 0.25) is 0 Å². The monoisotopic (exact) mass is 310 g/mol. The fraction of sp³-hybridized carbons (Fsp3) is 0.533. The number of carbonyl (C=O) groups excluding carboxylic acids is 1. The van der Waals surface area contributed by atoms with E-state index in [0.29, 0.717) is 12.2 Å². The maximum absolute atomic E-state index is 12.0. The first-order valence-corrected chi connectivity index (χ1v) is 9.11.